The highest BCUT2D eigenvalue weighted by atomic mass is 31.2. The normalized spacial score (nSPS) is 14.2. The van der Waals surface area contributed by atoms with Crippen molar-refractivity contribution in [3.63, 3.8) is 0 Å². The Morgan fingerprint density at radius 2 is 0.812 bits per heavy atom. The van der Waals surface area contributed by atoms with Crippen molar-refractivity contribution in [2.75, 3.05) is 0 Å². The summed E-state index contributed by atoms with van der Waals surface area (Å²) < 4.78 is 0. The van der Waals surface area contributed by atoms with Crippen molar-refractivity contribution in [1.29, 1.82) is 0 Å². The van der Waals surface area contributed by atoms with E-state index in [-0.39, 0.29) is 5.75 Å². The molecule has 0 aliphatic heterocycles. The van der Waals surface area contributed by atoms with Crippen LogP contribution in [-0.2, 0) is 0 Å². The number of para-hydroxylation sites is 1. The molecule has 0 amide bonds. The first kappa shape index (κ1) is 22.3. The molecule has 1 aliphatic rings. The monoisotopic (exact) mass is 438 g/mol. The molecule has 0 aromatic heterocycles. The fourth-order valence-corrected chi connectivity index (χ4v) is 10.2. The van der Waals surface area contributed by atoms with Crippen LogP contribution in [0.25, 0.3) is 0 Å². The van der Waals surface area contributed by atoms with E-state index in [2.05, 4.69) is 91.0 Å². The van der Waals surface area contributed by atoms with Gasteiger partial charge in [-0.3, -0.25) is 0 Å². The van der Waals surface area contributed by atoms with Crippen molar-refractivity contribution in [3.8, 4) is 5.75 Å². The average Bonchev–Trinajstić information content (AvgIpc) is 2.88. The summed E-state index contributed by atoms with van der Waals surface area (Å²) in [6.45, 7) is 0. The van der Waals surface area contributed by atoms with Gasteiger partial charge in [-0.25, -0.2) is 0 Å². The van der Waals surface area contributed by atoms with Crippen LogP contribution in [0.3, 0.4) is 0 Å². The van der Waals surface area contributed by atoms with Crippen LogP contribution in [0.1, 0.15) is 32.1 Å². The lowest BCUT2D eigenvalue weighted by atomic mass is 10.0. The van der Waals surface area contributed by atoms with Gasteiger partial charge in [0.2, 0.25) is 0 Å². The first-order valence-electron chi connectivity index (χ1n) is 11.6. The van der Waals surface area contributed by atoms with Gasteiger partial charge in [0.05, 0.1) is 5.66 Å². The summed E-state index contributed by atoms with van der Waals surface area (Å²) in [5, 5.41) is 14.9. The Kier molecular flexibility index (Phi) is 7.75. The van der Waals surface area contributed by atoms with Gasteiger partial charge < -0.3 is 5.11 Å². The van der Waals surface area contributed by atoms with Gasteiger partial charge in [-0.15, -0.1) is 5.75 Å². The third-order valence-electron chi connectivity index (χ3n) is 6.36. The Hall–Kier alpha value is -2.89. The van der Waals surface area contributed by atoms with E-state index >= 15 is 0 Å². The first-order chi connectivity index (χ1) is 15.8. The van der Waals surface area contributed by atoms with E-state index in [9.17, 15) is 5.11 Å². The molecule has 0 atom stereocenters. The van der Waals surface area contributed by atoms with E-state index in [1.165, 1.54) is 44.2 Å². The first-order valence-corrected chi connectivity index (χ1v) is 13.5. The molecule has 2 heteroatoms. The molecule has 1 nitrogen and oxygen atoms in total. The van der Waals surface area contributed by atoms with E-state index in [1.54, 1.807) is 28.0 Å². The molecule has 1 saturated carbocycles. The number of hydrogen-bond donors (Lipinski definition) is 0. The predicted octanol–water partition coefficient (Wildman–Crippen LogP) is 6.07. The van der Waals surface area contributed by atoms with Gasteiger partial charge in [-0.05, 0) is 62.1 Å². The zero-order chi connectivity index (χ0) is 22.1. The highest BCUT2D eigenvalue weighted by Crippen LogP contribution is 2.63. The van der Waals surface area contributed by atoms with Gasteiger partial charge in [-0.1, -0.05) is 91.3 Å². The molecule has 4 aromatic rings. The fraction of sp³-hybridized carbons (Fsp3) is 0.200. The number of rotatable bonds is 4. The molecule has 0 heterocycles. The zero-order valence-corrected chi connectivity index (χ0v) is 19.4. The summed E-state index contributed by atoms with van der Waals surface area (Å²) >= 11 is 0. The lowest BCUT2D eigenvalue weighted by Gasteiger charge is -2.36. The minimum Gasteiger partial charge on any atom is -0.872 e. The van der Waals surface area contributed by atoms with Crippen LogP contribution >= 0.6 is 7.26 Å². The van der Waals surface area contributed by atoms with Crippen LogP contribution in [0.2, 0.25) is 0 Å². The summed E-state index contributed by atoms with van der Waals surface area (Å²) in [4.78, 5) is 0. The molecule has 1 fully saturated rings. The smallest absolute Gasteiger partial charge is 0.115 e. The second-order valence-corrected chi connectivity index (χ2v) is 12.1. The molecular formula is C30H31OP. The van der Waals surface area contributed by atoms with Crippen LogP contribution in [-0.4, -0.2) is 5.66 Å². The van der Waals surface area contributed by atoms with E-state index in [1.807, 2.05) is 6.07 Å². The Morgan fingerprint density at radius 3 is 1.12 bits per heavy atom. The Morgan fingerprint density at radius 1 is 0.469 bits per heavy atom. The van der Waals surface area contributed by atoms with Crippen molar-refractivity contribution >= 4 is 23.2 Å². The fourth-order valence-electron chi connectivity index (χ4n) is 4.96. The third-order valence-corrected chi connectivity index (χ3v) is 11.3. The van der Waals surface area contributed by atoms with Gasteiger partial charge in [-0.2, -0.15) is 0 Å². The molecule has 5 rings (SSSR count). The lowest BCUT2D eigenvalue weighted by Crippen LogP contribution is -2.39. The average molecular weight is 439 g/mol. The van der Waals surface area contributed by atoms with Crippen molar-refractivity contribution < 1.29 is 5.11 Å². The van der Waals surface area contributed by atoms with Crippen LogP contribution in [0.4, 0.5) is 0 Å². The Bertz CT molecular complexity index is 946. The van der Waals surface area contributed by atoms with Crippen molar-refractivity contribution in [3.05, 3.63) is 121 Å². The summed E-state index contributed by atoms with van der Waals surface area (Å²) in [6.07, 6.45) is 6.85. The molecule has 0 spiro atoms. The molecule has 0 saturated heterocycles. The number of benzene rings is 4. The van der Waals surface area contributed by atoms with E-state index in [0.717, 1.165) is 5.66 Å². The maximum absolute atomic E-state index is 10.3. The second-order valence-electron chi connectivity index (χ2n) is 8.33. The molecule has 1 aliphatic carbocycles. The van der Waals surface area contributed by atoms with Crippen molar-refractivity contribution in [2.24, 2.45) is 0 Å². The number of hydrogen-bond acceptors (Lipinski definition) is 1. The van der Waals surface area contributed by atoms with E-state index < -0.39 is 7.26 Å². The molecule has 162 valence electrons. The highest BCUT2D eigenvalue weighted by molar-refractivity contribution is 7.96. The summed E-state index contributed by atoms with van der Waals surface area (Å²) in [5.41, 5.74) is 0.758. The highest BCUT2D eigenvalue weighted by Gasteiger charge is 2.51. The quantitative estimate of drug-likeness (QED) is 0.355. The minimum atomic E-state index is -1.63. The molecule has 0 N–H and O–H groups in total. The van der Waals surface area contributed by atoms with Gasteiger partial charge in [0.15, 0.2) is 0 Å². The minimum absolute atomic E-state index is 0.0718. The molecule has 0 radical (unpaired) electrons. The molecule has 32 heavy (non-hydrogen) atoms. The summed E-state index contributed by atoms with van der Waals surface area (Å²) in [5.74, 6) is 0.0718. The standard InChI is InChI=1S/C24H26P.C6H6O/c1-5-13-21(14-6-1)25(22-15-7-2-8-16-22,23-17-9-3-10-18-23)24-19-11-4-12-20-24;7-6-4-2-1-3-5-6/h1-3,5-10,13-18,24H,4,11-12,19-20H2;1-5,7H/q+1;/p-1. The largest absolute Gasteiger partial charge is 0.872 e. The van der Waals surface area contributed by atoms with E-state index in [4.69, 9.17) is 0 Å². The van der Waals surface area contributed by atoms with Crippen LogP contribution in [0.15, 0.2) is 121 Å². The Labute approximate surface area is 193 Å². The molecule has 0 bridgehead atoms. The molecule has 0 unspecified atom stereocenters. The lowest BCUT2D eigenvalue weighted by molar-refractivity contribution is -0.268. The van der Waals surface area contributed by atoms with Gasteiger partial charge in [0, 0.05) is 0 Å². The molecule has 4 aromatic carbocycles. The van der Waals surface area contributed by atoms with Crippen molar-refractivity contribution in [2.45, 2.75) is 37.8 Å². The SMILES string of the molecule is [O-]c1ccccc1.c1ccc([P+](c2ccccc2)(c2ccccc2)C2CCCCC2)cc1. The topological polar surface area (TPSA) is 23.1 Å². The van der Waals surface area contributed by atoms with Gasteiger partial charge in [0.25, 0.3) is 0 Å². The van der Waals surface area contributed by atoms with Gasteiger partial charge in [0.1, 0.15) is 23.2 Å². The maximum Gasteiger partial charge on any atom is 0.115 e. The summed E-state index contributed by atoms with van der Waals surface area (Å²) in [7, 11) is -1.63. The van der Waals surface area contributed by atoms with Crippen molar-refractivity contribution in [1.82, 2.24) is 0 Å². The third kappa shape index (κ3) is 4.95. The zero-order valence-electron chi connectivity index (χ0n) is 18.5. The van der Waals surface area contributed by atoms with Crippen LogP contribution in [0.5, 0.6) is 5.75 Å². The van der Waals surface area contributed by atoms with Gasteiger partial charge >= 0.3 is 0 Å². The maximum atomic E-state index is 10.3. The van der Waals surface area contributed by atoms with E-state index in [0.29, 0.717) is 0 Å². The molecular weight excluding hydrogens is 407 g/mol. The van der Waals surface area contributed by atoms with Crippen LogP contribution in [0, 0.1) is 0 Å². The summed E-state index contributed by atoms with van der Waals surface area (Å²) in [6, 6.07) is 42.4. The van der Waals surface area contributed by atoms with Crippen LogP contribution < -0.4 is 21.0 Å². The second kappa shape index (κ2) is 11.1. The Balaban J connectivity index is 0.000000300. The predicted molar refractivity (Wildman–Crippen MR) is 138 cm³/mol.